The normalized spacial score (nSPS) is 20.1. The van der Waals surface area contributed by atoms with Crippen LogP contribution >= 0.6 is 0 Å². The first-order chi connectivity index (χ1) is 6.20. The van der Waals surface area contributed by atoms with Gasteiger partial charge in [-0.2, -0.15) is 0 Å². The molecule has 78 valence electrons. The third-order valence-corrected chi connectivity index (χ3v) is 2.63. The van der Waals surface area contributed by atoms with Crippen LogP contribution < -0.4 is 5.32 Å². The van der Waals surface area contributed by atoms with Gasteiger partial charge in [0.15, 0.2) is 0 Å². The van der Waals surface area contributed by atoms with E-state index in [0.717, 1.165) is 25.9 Å². The molecule has 0 spiro atoms. The third kappa shape index (κ3) is 4.00. The Morgan fingerprint density at radius 3 is 2.54 bits per heavy atom. The summed E-state index contributed by atoms with van der Waals surface area (Å²) in [6.07, 6.45) is 0.00376. The van der Waals surface area contributed by atoms with Crippen LogP contribution in [-0.4, -0.2) is 44.0 Å². The number of hydrogen-bond acceptors (Lipinski definition) is 2. The van der Waals surface area contributed by atoms with E-state index in [-0.39, 0.29) is 6.42 Å². The van der Waals surface area contributed by atoms with Crippen LogP contribution in [0, 0.1) is 0 Å². The molecule has 0 unspecified atom stereocenters. The van der Waals surface area contributed by atoms with Crippen LogP contribution in [0.5, 0.6) is 0 Å². The van der Waals surface area contributed by atoms with E-state index in [1.165, 1.54) is 0 Å². The molecule has 0 aliphatic carbocycles. The quantitative estimate of drug-likeness (QED) is 0.722. The summed E-state index contributed by atoms with van der Waals surface area (Å²) in [5.41, 5.74) is 0. The lowest BCUT2D eigenvalue weighted by molar-refractivity contribution is 0.106. The van der Waals surface area contributed by atoms with Crippen molar-refractivity contribution in [3.05, 3.63) is 0 Å². The van der Waals surface area contributed by atoms with Gasteiger partial charge in [0.25, 0.3) is 0 Å². The predicted octanol–water partition coefficient (Wildman–Crippen LogP) is 1.33. The summed E-state index contributed by atoms with van der Waals surface area (Å²) in [6.45, 7) is 2.55. The molecular formula is C9H18F2N2. The van der Waals surface area contributed by atoms with Gasteiger partial charge in [0, 0.05) is 19.0 Å². The summed E-state index contributed by atoms with van der Waals surface area (Å²) in [5.74, 6) is 0. The van der Waals surface area contributed by atoms with Crippen molar-refractivity contribution in [2.24, 2.45) is 0 Å². The average molecular weight is 192 g/mol. The predicted molar refractivity (Wildman–Crippen MR) is 49.1 cm³/mol. The molecule has 1 heterocycles. The number of alkyl halides is 2. The first-order valence-corrected chi connectivity index (χ1v) is 4.89. The van der Waals surface area contributed by atoms with Gasteiger partial charge in [-0.15, -0.1) is 0 Å². The van der Waals surface area contributed by atoms with Crippen molar-refractivity contribution in [2.45, 2.75) is 31.7 Å². The van der Waals surface area contributed by atoms with Crippen LogP contribution in [0.2, 0.25) is 0 Å². The first kappa shape index (κ1) is 10.9. The number of halogens is 2. The molecule has 0 aromatic carbocycles. The molecule has 1 fully saturated rings. The largest absolute Gasteiger partial charge is 0.317 e. The Bertz CT molecular complexity index is 136. The van der Waals surface area contributed by atoms with E-state index in [2.05, 4.69) is 10.2 Å². The first-order valence-electron chi connectivity index (χ1n) is 4.89. The lowest BCUT2D eigenvalue weighted by Crippen LogP contribution is -2.41. The highest BCUT2D eigenvalue weighted by Crippen LogP contribution is 2.11. The van der Waals surface area contributed by atoms with Gasteiger partial charge in [-0.1, -0.05) is 0 Å². The molecule has 0 bridgehead atoms. The Balaban J connectivity index is 2.17. The van der Waals surface area contributed by atoms with Crippen molar-refractivity contribution in [1.29, 1.82) is 0 Å². The highest BCUT2D eigenvalue weighted by Gasteiger charge is 2.18. The molecule has 1 aliphatic rings. The monoisotopic (exact) mass is 192 g/mol. The molecule has 1 saturated heterocycles. The summed E-state index contributed by atoms with van der Waals surface area (Å²) in [7, 11) is 1.94. The van der Waals surface area contributed by atoms with E-state index in [0.29, 0.717) is 12.6 Å². The molecule has 0 radical (unpaired) electrons. The minimum atomic E-state index is -2.16. The van der Waals surface area contributed by atoms with E-state index in [1.54, 1.807) is 0 Å². The zero-order chi connectivity index (χ0) is 9.68. The number of rotatable bonds is 4. The Labute approximate surface area is 78.3 Å². The number of hydrogen-bond donors (Lipinski definition) is 1. The van der Waals surface area contributed by atoms with Crippen LogP contribution in [-0.2, 0) is 0 Å². The molecule has 0 amide bonds. The summed E-state index contributed by atoms with van der Waals surface area (Å²) in [5, 5.41) is 3.26. The van der Waals surface area contributed by atoms with Crippen molar-refractivity contribution in [3.63, 3.8) is 0 Å². The van der Waals surface area contributed by atoms with E-state index in [4.69, 9.17) is 0 Å². The SMILES string of the molecule is CN(CCC(F)F)C1CCNCC1. The highest BCUT2D eigenvalue weighted by atomic mass is 19.3. The summed E-state index contributed by atoms with van der Waals surface area (Å²) >= 11 is 0. The van der Waals surface area contributed by atoms with Crippen molar-refractivity contribution in [2.75, 3.05) is 26.7 Å². The van der Waals surface area contributed by atoms with E-state index >= 15 is 0 Å². The van der Waals surface area contributed by atoms with Crippen molar-refractivity contribution in [1.82, 2.24) is 10.2 Å². The van der Waals surface area contributed by atoms with Crippen LogP contribution in [0.25, 0.3) is 0 Å². The van der Waals surface area contributed by atoms with Crippen LogP contribution in [0.3, 0.4) is 0 Å². The topological polar surface area (TPSA) is 15.3 Å². The zero-order valence-electron chi connectivity index (χ0n) is 8.10. The van der Waals surface area contributed by atoms with Gasteiger partial charge in [-0.3, -0.25) is 0 Å². The maximum atomic E-state index is 11.9. The second-order valence-electron chi connectivity index (χ2n) is 3.64. The fourth-order valence-electron chi connectivity index (χ4n) is 1.73. The molecule has 0 atom stereocenters. The second-order valence-corrected chi connectivity index (χ2v) is 3.64. The summed E-state index contributed by atoms with van der Waals surface area (Å²) < 4.78 is 23.8. The Hall–Kier alpha value is -0.220. The van der Waals surface area contributed by atoms with Gasteiger partial charge < -0.3 is 10.2 Å². The van der Waals surface area contributed by atoms with Crippen LogP contribution in [0.4, 0.5) is 8.78 Å². The Kier molecular flexibility index (Phi) is 4.59. The molecular weight excluding hydrogens is 174 g/mol. The molecule has 13 heavy (non-hydrogen) atoms. The minimum absolute atomic E-state index is 0.000425. The molecule has 0 saturated carbocycles. The fourth-order valence-corrected chi connectivity index (χ4v) is 1.73. The molecule has 2 nitrogen and oxygen atoms in total. The van der Waals surface area contributed by atoms with Crippen LogP contribution in [0.15, 0.2) is 0 Å². The minimum Gasteiger partial charge on any atom is -0.317 e. The van der Waals surface area contributed by atoms with Gasteiger partial charge in [-0.05, 0) is 33.0 Å². The molecule has 4 heteroatoms. The van der Waals surface area contributed by atoms with Gasteiger partial charge >= 0.3 is 0 Å². The van der Waals surface area contributed by atoms with Gasteiger partial charge in [0.2, 0.25) is 6.43 Å². The van der Waals surface area contributed by atoms with E-state index < -0.39 is 6.43 Å². The van der Waals surface area contributed by atoms with E-state index in [1.807, 2.05) is 7.05 Å². The second kappa shape index (κ2) is 5.50. The third-order valence-electron chi connectivity index (χ3n) is 2.63. The maximum Gasteiger partial charge on any atom is 0.239 e. The Morgan fingerprint density at radius 1 is 1.38 bits per heavy atom. The highest BCUT2D eigenvalue weighted by molar-refractivity contribution is 4.75. The molecule has 0 aromatic rings. The summed E-state index contributed by atoms with van der Waals surface area (Å²) in [6, 6.07) is 0.500. The summed E-state index contributed by atoms with van der Waals surface area (Å²) in [4.78, 5) is 2.06. The van der Waals surface area contributed by atoms with Crippen molar-refractivity contribution < 1.29 is 8.78 Å². The number of nitrogens with one attached hydrogen (secondary N) is 1. The van der Waals surface area contributed by atoms with Crippen molar-refractivity contribution >= 4 is 0 Å². The number of piperidine rings is 1. The fraction of sp³-hybridized carbons (Fsp3) is 1.00. The lowest BCUT2D eigenvalue weighted by Gasteiger charge is -2.31. The molecule has 1 aliphatic heterocycles. The Morgan fingerprint density at radius 2 is 2.00 bits per heavy atom. The molecule has 1 N–H and O–H groups in total. The molecule has 1 rings (SSSR count). The smallest absolute Gasteiger partial charge is 0.239 e. The molecule has 0 aromatic heterocycles. The number of nitrogens with zero attached hydrogens (tertiary/aromatic N) is 1. The van der Waals surface area contributed by atoms with Gasteiger partial charge in [0.1, 0.15) is 0 Å². The zero-order valence-corrected chi connectivity index (χ0v) is 8.10. The maximum absolute atomic E-state index is 11.9. The average Bonchev–Trinajstić information content (AvgIpc) is 2.15. The van der Waals surface area contributed by atoms with Crippen molar-refractivity contribution in [3.8, 4) is 0 Å². The van der Waals surface area contributed by atoms with Gasteiger partial charge in [-0.25, -0.2) is 8.78 Å². The van der Waals surface area contributed by atoms with Crippen LogP contribution in [0.1, 0.15) is 19.3 Å². The van der Waals surface area contributed by atoms with E-state index in [9.17, 15) is 8.78 Å². The lowest BCUT2D eigenvalue weighted by atomic mass is 10.1. The standard InChI is InChI=1S/C9H18F2N2/c1-13(7-4-9(10)11)8-2-5-12-6-3-8/h8-9,12H,2-7H2,1H3. The van der Waals surface area contributed by atoms with Gasteiger partial charge in [0.05, 0.1) is 0 Å².